The molecule has 1 saturated heterocycles. The lowest BCUT2D eigenvalue weighted by molar-refractivity contribution is -0.126. The van der Waals surface area contributed by atoms with Gasteiger partial charge in [-0.3, -0.25) is 4.79 Å². The van der Waals surface area contributed by atoms with Crippen molar-refractivity contribution in [3.05, 3.63) is 58.9 Å². The molecule has 1 fully saturated rings. The number of sulfonamides is 1. The van der Waals surface area contributed by atoms with Crippen LogP contribution in [0.2, 0.25) is 0 Å². The Kier molecular flexibility index (Phi) is 7.80. The average Bonchev–Trinajstić information content (AvgIpc) is 2.78. The van der Waals surface area contributed by atoms with Crippen LogP contribution in [0.4, 0.5) is 4.39 Å². The maximum atomic E-state index is 13.2. The standard InChI is InChI=1S/C25H33FN2O4S/c1-16(2)22-14-23(17(3)13-24(22)32-5)18(4)27-25(29)19-7-6-12-28(15-19)33(30,31)21-10-8-20(26)9-11-21/h8-11,13-14,16,18-19H,6-7,12,15H2,1-5H3,(H,27,29)/t18-,19-/m0/s1. The first kappa shape index (κ1) is 25.2. The first-order valence-corrected chi connectivity index (χ1v) is 12.7. The van der Waals surface area contributed by atoms with Crippen molar-refractivity contribution in [1.82, 2.24) is 9.62 Å². The van der Waals surface area contributed by atoms with E-state index in [9.17, 15) is 17.6 Å². The number of carbonyl (C=O) groups is 1. The van der Waals surface area contributed by atoms with Crippen LogP contribution in [-0.4, -0.2) is 38.8 Å². The second-order valence-corrected chi connectivity index (χ2v) is 10.9. The van der Waals surface area contributed by atoms with Gasteiger partial charge in [0.1, 0.15) is 11.6 Å². The molecule has 0 radical (unpaired) electrons. The third kappa shape index (κ3) is 5.55. The Labute approximate surface area is 196 Å². The third-order valence-electron chi connectivity index (χ3n) is 6.27. The lowest BCUT2D eigenvalue weighted by Crippen LogP contribution is -2.45. The van der Waals surface area contributed by atoms with Crippen LogP contribution < -0.4 is 10.1 Å². The molecular weight excluding hydrogens is 443 g/mol. The zero-order valence-corrected chi connectivity index (χ0v) is 20.7. The Morgan fingerprint density at radius 2 is 1.82 bits per heavy atom. The summed E-state index contributed by atoms with van der Waals surface area (Å²) in [5.41, 5.74) is 3.11. The topological polar surface area (TPSA) is 75.7 Å². The number of methoxy groups -OCH3 is 1. The number of rotatable bonds is 7. The summed E-state index contributed by atoms with van der Waals surface area (Å²) in [6.45, 7) is 8.57. The maximum Gasteiger partial charge on any atom is 0.243 e. The SMILES string of the molecule is COc1cc(C)c([C@H](C)NC(=O)[C@H]2CCCN(S(=O)(=O)c3ccc(F)cc3)C2)cc1C(C)C. The van der Waals surface area contributed by atoms with Gasteiger partial charge < -0.3 is 10.1 Å². The molecule has 2 atom stereocenters. The molecule has 3 rings (SSSR count). The van der Waals surface area contributed by atoms with E-state index in [1.807, 2.05) is 19.9 Å². The first-order chi connectivity index (χ1) is 15.5. The van der Waals surface area contributed by atoms with E-state index in [-0.39, 0.29) is 29.3 Å². The Bertz CT molecular complexity index is 1100. The molecule has 1 amide bonds. The van der Waals surface area contributed by atoms with E-state index in [0.717, 1.165) is 34.6 Å². The number of benzene rings is 2. The van der Waals surface area contributed by atoms with E-state index >= 15 is 0 Å². The molecule has 1 heterocycles. The van der Waals surface area contributed by atoms with Crippen molar-refractivity contribution in [1.29, 1.82) is 0 Å². The molecule has 6 nitrogen and oxygen atoms in total. The number of hydrogen-bond donors (Lipinski definition) is 1. The fraction of sp³-hybridized carbons (Fsp3) is 0.480. The summed E-state index contributed by atoms with van der Waals surface area (Å²) in [5, 5.41) is 3.08. The predicted molar refractivity (Wildman–Crippen MR) is 126 cm³/mol. The van der Waals surface area contributed by atoms with E-state index in [1.54, 1.807) is 7.11 Å². The summed E-state index contributed by atoms with van der Waals surface area (Å²) in [6, 6.07) is 8.62. The van der Waals surface area contributed by atoms with E-state index in [2.05, 4.69) is 25.2 Å². The maximum absolute atomic E-state index is 13.2. The molecule has 180 valence electrons. The van der Waals surface area contributed by atoms with E-state index in [0.29, 0.717) is 19.4 Å². The Balaban J connectivity index is 1.74. The summed E-state index contributed by atoms with van der Waals surface area (Å²) < 4.78 is 46.0. The Morgan fingerprint density at radius 1 is 1.15 bits per heavy atom. The van der Waals surface area contributed by atoms with Crippen LogP contribution in [-0.2, 0) is 14.8 Å². The molecular formula is C25H33FN2O4S. The molecule has 8 heteroatoms. The monoisotopic (exact) mass is 476 g/mol. The van der Waals surface area contributed by atoms with E-state index < -0.39 is 21.8 Å². The summed E-state index contributed by atoms with van der Waals surface area (Å²) in [6.07, 6.45) is 1.21. The quantitative estimate of drug-likeness (QED) is 0.636. The highest BCUT2D eigenvalue weighted by Gasteiger charge is 2.34. The van der Waals surface area contributed by atoms with Crippen molar-refractivity contribution >= 4 is 15.9 Å². The van der Waals surface area contributed by atoms with Gasteiger partial charge in [-0.15, -0.1) is 0 Å². The lowest BCUT2D eigenvalue weighted by Gasteiger charge is -2.32. The van der Waals surface area contributed by atoms with Crippen molar-refractivity contribution in [2.24, 2.45) is 5.92 Å². The van der Waals surface area contributed by atoms with Crippen LogP contribution in [0.1, 0.15) is 62.3 Å². The molecule has 0 spiro atoms. The third-order valence-corrected chi connectivity index (χ3v) is 8.15. The van der Waals surface area contributed by atoms with Crippen molar-refractivity contribution in [2.75, 3.05) is 20.2 Å². The predicted octanol–water partition coefficient (Wildman–Crippen LogP) is 4.54. The number of piperidine rings is 1. The largest absolute Gasteiger partial charge is 0.496 e. The molecule has 2 aromatic carbocycles. The molecule has 1 aliphatic heterocycles. The van der Waals surface area contributed by atoms with Crippen molar-refractivity contribution in [3.63, 3.8) is 0 Å². The van der Waals surface area contributed by atoms with Gasteiger partial charge in [-0.1, -0.05) is 13.8 Å². The van der Waals surface area contributed by atoms with Gasteiger partial charge in [-0.05, 0) is 85.7 Å². The van der Waals surface area contributed by atoms with Crippen LogP contribution in [0.15, 0.2) is 41.3 Å². The zero-order valence-electron chi connectivity index (χ0n) is 19.9. The minimum absolute atomic E-state index is 0.0356. The summed E-state index contributed by atoms with van der Waals surface area (Å²) in [7, 11) is -2.13. The Morgan fingerprint density at radius 3 is 2.42 bits per heavy atom. The fourth-order valence-corrected chi connectivity index (χ4v) is 5.87. The first-order valence-electron chi connectivity index (χ1n) is 11.3. The van der Waals surface area contributed by atoms with E-state index in [4.69, 9.17) is 4.74 Å². The van der Waals surface area contributed by atoms with Gasteiger partial charge >= 0.3 is 0 Å². The van der Waals surface area contributed by atoms with Crippen LogP contribution >= 0.6 is 0 Å². The Hall–Kier alpha value is -2.45. The van der Waals surface area contributed by atoms with Gasteiger partial charge in [0.2, 0.25) is 15.9 Å². The van der Waals surface area contributed by atoms with Gasteiger partial charge in [0.25, 0.3) is 0 Å². The zero-order chi connectivity index (χ0) is 24.3. The summed E-state index contributed by atoms with van der Waals surface area (Å²) in [5.74, 6) is 0.000116. The summed E-state index contributed by atoms with van der Waals surface area (Å²) in [4.78, 5) is 13.1. The second-order valence-electron chi connectivity index (χ2n) is 8.99. The number of carbonyl (C=O) groups excluding carboxylic acids is 1. The number of aryl methyl sites for hydroxylation is 1. The highest BCUT2D eigenvalue weighted by atomic mass is 32.2. The van der Waals surface area contributed by atoms with Gasteiger partial charge in [0, 0.05) is 13.1 Å². The van der Waals surface area contributed by atoms with Gasteiger partial charge in [0.05, 0.1) is 24.0 Å². The normalized spacial score (nSPS) is 18.2. The minimum Gasteiger partial charge on any atom is -0.496 e. The van der Waals surface area contributed by atoms with Crippen molar-refractivity contribution in [2.45, 2.75) is 57.4 Å². The molecule has 0 unspecified atom stereocenters. The number of halogens is 1. The number of nitrogens with one attached hydrogen (secondary N) is 1. The smallest absolute Gasteiger partial charge is 0.243 e. The average molecular weight is 477 g/mol. The van der Waals surface area contributed by atoms with Crippen LogP contribution in [0, 0.1) is 18.7 Å². The minimum atomic E-state index is -3.78. The number of nitrogens with zero attached hydrogens (tertiary/aromatic N) is 1. The van der Waals surface area contributed by atoms with E-state index in [1.165, 1.54) is 16.4 Å². The second kappa shape index (κ2) is 10.2. The fourth-order valence-electron chi connectivity index (χ4n) is 4.35. The van der Waals surface area contributed by atoms with Crippen molar-refractivity contribution < 1.29 is 22.3 Å². The van der Waals surface area contributed by atoms with Gasteiger partial charge in [0.15, 0.2) is 0 Å². The van der Waals surface area contributed by atoms with Gasteiger partial charge in [-0.2, -0.15) is 4.31 Å². The molecule has 0 aliphatic carbocycles. The van der Waals surface area contributed by atoms with Crippen molar-refractivity contribution in [3.8, 4) is 5.75 Å². The highest BCUT2D eigenvalue weighted by Crippen LogP contribution is 2.32. The molecule has 33 heavy (non-hydrogen) atoms. The molecule has 0 saturated carbocycles. The van der Waals surface area contributed by atoms with Crippen LogP contribution in [0.25, 0.3) is 0 Å². The highest BCUT2D eigenvalue weighted by molar-refractivity contribution is 7.89. The number of hydrogen-bond acceptors (Lipinski definition) is 4. The number of ether oxygens (including phenoxy) is 1. The number of amides is 1. The molecule has 1 N–H and O–H groups in total. The van der Waals surface area contributed by atoms with Crippen LogP contribution in [0.3, 0.4) is 0 Å². The molecule has 2 aromatic rings. The lowest BCUT2D eigenvalue weighted by atomic mass is 9.92. The summed E-state index contributed by atoms with van der Waals surface area (Å²) >= 11 is 0. The molecule has 0 bridgehead atoms. The molecule has 1 aliphatic rings. The van der Waals surface area contributed by atoms with Gasteiger partial charge in [-0.25, -0.2) is 12.8 Å². The van der Waals surface area contributed by atoms with Crippen LogP contribution in [0.5, 0.6) is 5.75 Å². The molecule has 0 aromatic heterocycles.